The zero-order chi connectivity index (χ0) is 10.7. The van der Waals surface area contributed by atoms with Crippen molar-refractivity contribution in [3.05, 3.63) is 23.5 Å². The second kappa shape index (κ2) is 4.37. The molecule has 2 heterocycles. The topological polar surface area (TPSA) is 34.2 Å². The Kier molecular flexibility index (Phi) is 3.12. The molecule has 1 saturated heterocycles. The summed E-state index contributed by atoms with van der Waals surface area (Å²) >= 11 is 5.84. The third kappa shape index (κ3) is 2.41. The van der Waals surface area contributed by atoms with Crippen molar-refractivity contribution in [2.45, 2.75) is 25.3 Å². The van der Waals surface area contributed by atoms with Crippen molar-refractivity contribution >= 4 is 17.3 Å². The van der Waals surface area contributed by atoms with Crippen molar-refractivity contribution in [1.82, 2.24) is 4.98 Å². The summed E-state index contributed by atoms with van der Waals surface area (Å²) in [5, 5.41) is 4.01. The smallest absolute Gasteiger partial charge is 0.131 e. The van der Waals surface area contributed by atoms with E-state index in [-0.39, 0.29) is 5.54 Å². The highest BCUT2D eigenvalue weighted by molar-refractivity contribution is 6.29. The second-order valence-electron chi connectivity index (χ2n) is 3.93. The maximum atomic E-state index is 5.84. The molecule has 1 aliphatic heterocycles. The third-order valence-electron chi connectivity index (χ3n) is 2.92. The summed E-state index contributed by atoms with van der Waals surface area (Å²) < 4.78 is 5.44. The molecule has 0 amide bonds. The highest BCUT2D eigenvalue weighted by atomic mass is 35.5. The van der Waals surface area contributed by atoms with Gasteiger partial charge in [-0.15, -0.1) is 0 Å². The van der Waals surface area contributed by atoms with Crippen LogP contribution in [0.4, 0.5) is 5.69 Å². The van der Waals surface area contributed by atoms with Crippen LogP contribution in [-0.4, -0.2) is 23.7 Å². The fourth-order valence-electron chi connectivity index (χ4n) is 1.86. The van der Waals surface area contributed by atoms with Crippen LogP contribution in [0, 0.1) is 0 Å². The number of pyridine rings is 1. The van der Waals surface area contributed by atoms with Gasteiger partial charge in [-0.05, 0) is 25.0 Å². The molecule has 1 aromatic heterocycles. The van der Waals surface area contributed by atoms with Gasteiger partial charge in [-0.2, -0.15) is 0 Å². The Hall–Kier alpha value is -0.800. The van der Waals surface area contributed by atoms with Gasteiger partial charge in [-0.25, -0.2) is 4.98 Å². The molecule has 0 aliphatic carbocycles. The average Bonchev–Trinajstić information content (AvgIpc) is 2.67. The normalized spacial score (nSPS) is 25.5. The first kappa shape index (κ1) is 10.7. The minimum absolute atomic E-state index is 0.0741. The predicted molar refractivity (Wildman–Crippen MR) is 61.3 cm³/mol. The minimum Gasteiger partial charge on any atom is -0.379 e. The summed E-state index contributed by atoms with van der Waals surface area (Å²) in [5.41, 5.74) is 1.09. The van der Waals surface area contributed by atoms with Crippen LogP contribution in [0.25, 0.3) is 0 Å². The molecule has 1 unspecified atom stereocenters. The Balaban J connectivity index is 2.12. The predicted octanol–water partition coefficient (Wildman–Crippen LogP) is 2.72. The van der Waals surface area contributed by atoms with Gasteiger partial charge >= 0.3 is 0 Å². The van der Waals surface area contributed by atoms with E-state index in [1.807, 2.05) is 12.1 Å². The Morgan fingerprint density at radius 3 is 3.13 bits per heavy atom. The van der Waals surface area contributed by atoms with Crippen molar-refractivity contribution in [2.75, 3.05) is 18.5 Å². The molecule has 0 saturated carbocycles. The van der Waals surface area contributed by atoms with Crippen LogP contribution in [0.1, 0.15) is 19.8 Å². The molecule has 0 spiro atoms. The van der Waals surface area contributed by atoms with Gasteiger partial charge in [0, 0.05) is 18.5 Å². The largest absolute Gasteiger partial charge is 0.379 e. The molecule has 1 aromatic rings. The number of hydrogen-bond acceptors (Lipinski definition) is 3. The quantitative estimate of drug-likeness (QED) is 0.805. The lowest BCUT2D eigenvalue weighted by Crippen LogP contribution is -2.37. The average molecular weight is 227 g/mol. The van der Waals surface area contributed by atoms with Gasteiger partial charge < -0.3 is 10.1 Å². The van der Waals surface area contributed by atoms with Crippen LogP contribution < -0.4 is 5.32 Å². The first-order chi connectivity index (χ1) is 7.24. The van der Waals surface area contributed by atoms with Crippen LogP contribution in [0.3, 0.4) is 0 Å². The van der Waals surface area contributed by atoms with Gasteiger partial charge in [0.05, 0.1) is 12.1 Å². The Morgan fingerprint density at radius 1 is 1.67 bits per heavy atom. The Morgan fingerprint density at radius 2 is 2.53 bits per heavy atom. The van der Waals surface area contributed by atoms with E-state index in [0.29, 0.717) is 5.15 Å². The summed E-state index contributed by atoms with van der Waals surface area (Å²) in [6.07, 6.45) is 3.81. The van der Waals surface area contributed by atoms with E-state index in [0.717, 1.165) is 31.7 Å². The van der Waals surface area contributed by atoms with Gasteiger partial charge in [-0.3, -0.25) is 0 Å². The highest BCUT2D eigenvalue weighted by Gasteiger charge is 2.32. The zero-order valence-corrected chi connectivity index (χ0v) is 9.55. The molecule has 1 fully saturated rings. The van der Waals surface area contributed by atoms with E-state index >= 15 is 0 Å². The van der Waals surface area contributed by atoms with Crippen molar-refractivity contribution in [1.29, 1.82) is 0 Å². The van der Waals surface area contributed by atoms with Gasteiger partial charge in [0.2, 0.25) is 0 Å². The van der Waals surface area contributed by atoms with E-state index < -0.39 is 0 Å². The number of hydrogen-bond donors (Lipinski definition) is 1. The van der Waals surface area contributed by atoms with E-state index in [1.165, 1.54) is 0 Å². The number of nitrogens with zero attached hydrogens (tertiary/aromatic N) is 1. The monoisotopic (exact) mass is 226 g/mol. The molecule has 2 rings (SSSR count). The number of ether oxygens (including phenoxy) is 1. The summed E-state index contributed by atoms with van der Waals surface area (Å²) in [6, 6.07) is 3.78. The van der Waals surface area contributed by atoms with Crippen LogP contribution in [-0.2, 0) is 4.74 Å². The van der Waals surface area contributed by atoms with E-state index in [4.69, 9.17) is 16.3 Å². The van der Waals surface area contributed by atoms with Gasteiger partial charge in [0.15, 0.2) is 0 Å². The molecular formula is C11H15ClN2O. The molecule has 15 heavy (non-hydrogen) atoms. The molecule has 82 valence electrons. The number of aromatic nitrogens is 1. The number of anilines is 1. The van der Waals surface area contributed by atoms with Crippen LogP contribution >= 0.6 is 11.6 Å². The summed E-state index contributed by atoms with van der Waals surface area (Å²) in [4.78, 5) is 3.96. The molecular weight excluding hydrogens is 212 g/mol. The summed E-state index contributed by atoms with van der Waals surface area (Å²) in [7, 11) is 0. The summed E-state index contributed by atoms with van der Waals surface area (Å²) in [6.45, 7) is 3.77. The van der Waals surface area contributed by atoms with Crippen molar-refractivity contribution < 1.29 is 4.74 Å². The molecule has 3 nitrogen and oxygen atoms in total. The number of halogens is 1. The molecule has 0 aromatic carbocycles. The lowest BCUT2D eigenvalue weighted by atomic mass is 9.95. The van der Waals surface area contributed by atoms with Gasteiger partial charge in [0.1, 0.15) is 5.15 Å². The molecule has 4 heteroatoms. The summed E-state index contributed by atoms with van der Waals surface area (Å²) in [5.74, 6) is 0. The van der Waals surface area contributed by atoms with E-state index in [2.05, 4.69) is 17.2 Å². The van der Waals surface area contributed by atoms with Crippen LogP contribution in [0.15, 0.2) is 18.3 Å². The molecule has 1 aliphatic rings. The lowest BCUT2D eigenvalue weighted by Gasteiger charge is -2.28. The van der Waals surface area contributed by atoms with Crippen molar-refractivity contribution in [2.24, 2.45) is 0 Å². The minimum atomic E-state index is 0.0741. The van der Waals surface area contributed by atoms with E-state index in [1.54, 1.807) is 6.20 Å². The third-order valence-corrected chi connectivity index (χ3v) is 3.12. The fourth-order valence-corrected chi connectivity index (χ4v) is 2.03. The zero-order valence-electron chi connectivity index (χ0n) is 8.79. The number of rotatable bonds is 3. The van der Waals surface area contributed by atoms with Crippen LogP contribution in [0.2, 0.25) is 5.15 Å². The van der Waals surface area contributed by atoms with Gasteiger partial charge in [0.25, 0.3) is 0 Å². The Bertz CT molecular complexity index is 337. The van der Waals surface area contributed by atoms with Gasteiger partial charge in [-0.1, -0.05) is 18.5 Å². The Labute approximate surface area is 94.8 Å². The van der Waals surface area contributed by atoms with Crippen molar-refractivity contribution in [3.63, 3.8) is 0 Å². The van der Waals surface area contributed by atoms with Crippen molar-refractivity contribution in [3.8, 4) is 0 Å². The second-order valence-corrected chi connectivity index (χ2v) is 4.32. The maximum Gasteiger partial charge on any atom is 0.131 e. The van der Waals surface area contributed by atoms with E-state index in [9.17, 15) is 0 Å². The fraction of sp³-hybridized carbons (Fsp3) is 0.545. The SMILES string of the molecule is CCC1(Nc2ccnc(Cl)c2)CCOC1. The standard InChI is InChI=1S/C11H15ClN2O/c1-2-11(4-6-15-8-11)14-9-3-5-13-10(12)7-9/h3,5,7H,2,4,6,8H2,1H3,(H,13,14). The maximum absolute atomic E-state index is 5.84. The number of nitrogens with one attached hydrogen (secondary N) is 1. The first-order valence-electron chi connectivity index (χ1n) is 5.22. The highest BCUT2D eigenvalue weighted by Crippen LogP contribution is 2.27. The lowest BCUT2D eigenvalue weighted by molar-refractivity contribution is 0.181. The molecule has 1 atom stereocenters. The van der Waals surface area contributed by atoms with Crippen LogP contribution in [0.5, 0.6) is 0 Å². The molecule has 1 N–H and O–H groups in total. The first-order valence-corrected chi connectivity index (χ1v) is 5.59. The molecule has 0 bridgehead atoms. The molecule has 0 radical (unpaired) electrons.